The number of benzene rings is 1. The second kappa shape index (κ2) is 5.88. The van der Waals surface area contributed by atoms with E-state index in [0.717, 1.165) is 32.7 Å². The molecule has 0 radical (unpaired) electrons. The summed E-state index contributed by atoms with van der Waals surface area (Å²) in [6.07, 6.45) is 0. The Morgan fingerprint density at radius 1 is 1.28 bits per heavy atom. The second-order valence-electron chi connectivity index (χ2n) is 5.16. The number of hydrogen-bond donors (Lipinski definition) is 0. The molecule has 1 aromatic carbocycles. The summed E-state index contributed by atoms with van der Waals surface area (Å²) in [4.78, 5) is 4.82. The first-order chi connectivity index (χ1) is 8.69. The van der Waals surface area contributed by atoms with Gasteiger partial charge in [-0.15, -0.1) is 0 Å². The molecule has 0 spiro atoms. The zero-order chi connectivity index (χ0) is 13.0. The molecule has 0 aromatic heterocycles. The van der Waals surface area contributed by atoms with Crippen LogP contribution in [0.25, 0.3) is 0 Å². The van der Waals surface area contributed by atoms with Crippen molar-refractivity contribution in [3.63, 3.8) is 0 Å². The molecule has 1 atom stereocenters. The highest BCUT2D eigenvalue weighted by Gasteiger charge is 2.18. The Bertz CT molecular complexity index is 428. The van der Waals surface area contributed by atoms with Gasteiger partial charge < -0.3 is 4.90 Å². The molecule has 96 valence electrons. The third-order valence-corrected chi connectivity index (χ3v) is 3.49. The Labute approximate surface area is 110 Å². The highest BCUT2D eigenvalue weighted by molar-refractivity contribution is 5.48. The summed E-state index contributed by atoms with van der Waals surface area (Å²) in [5.74, 6) is 0.135. The lowest BCUT2D eigenvalue weighted by Crippen LogP contribution is -2.47. The van der Waals surface area contributed by atoms with Gasteiger partial charge in [0.1, 0.15) is 0 Å². The molecule has 1 saturated heterocycles. The smallest absolute Gasteiger partial charge is 0.0666 e. The number of aryl methyl sites for hydroxylation is 1. The maximum absolute atomic E-state index is 8.84. The first-order valence-electron chi connectivity index (χ1n) is 6.62. The van der Waals surface area contributed by atoms with Crippen LogP contribution in [0.5, 0.6) is 0 Å². The number of rotatable bonds is 3. The minimum Gasteiger partial charge on any atom is -0.369 e. The molecule has 0 saturated carbocycles. The second-order valence-corrected chi connectivity index (χ2v) is 5.16. The molecule has 0 N–H and O–H groups in total. The minimum absolute atomic E-state index is 0.135. The largest absolute Gasteiger partial charge is 0.369 e. The third-order valence-electron chi connectivity index (χ3n) is 3.49. The molecule has 18 heavy (non-hydrogen) atoms. The lowest BCUT2D eigenvalue weighted by Gasteiger charge is -2.36. The Hall–Kier alpha value is -1.53. The predicted octanol–water partition coefficient (Wildman–Crippen LogP) is 2.28. The monoisotopic (exact) mass is 243 g/mol. The molecular weight excluding hydrogens is 222 g/mol. The van der Waals surface area contributed by atoms with Gasteiger partial charge in [-0.3, -0.25) is 4.90 Å². The zero-order valence-electron chi connectivity index (χ0n) is 11.3. The van der Waals surface area contributed by atoms with E-state index in [1.807, 2.05) is 6.92 Å². The van der Waals surface area contributed by atoms with Crippen molar-refractivity contribution in [2.45, 2.75) is 13.8 Å². The van der Waals surface area contributed by atoms with Crippen LogP contribution in [0, 0.1) is 24.2 Å². The van der Waals surface area contributed by atoms with Gasteiger partial charge in [-0.25, -0.2) is 0 Å². The maximum atomic E-state index is 8.84. The Balaban J connectivity index is 1.89. The standard InChI is InChI=1S/C15H21N3/c1-13-4-3-5-15(10-13)18-8-6-17(7-9-18)12-14(2)11-16/h3-5,10,14H,6-9,12H2,1-2H3. The molecule has 1 fully saturated rings. The van der Waals surface area contributed by atoms with E-state index in [4.69, 9.17) is 5.26 Å². The summed E-state index contributed by atoms with van der Waals surface area (Å²) in [7, 11) is 0. The van der Waals surface area contributed by atoms with Crippen molar-refractivity contribution in [1.29, 1.82) is 5.26 Å². The maximum Gasteiger partial charge on any atom is 0.0666 e. The molecule has 0 bridgehead atoms. The number of piperazine rings is 1. The molecular formula is C15H21N3. The first kappa shape index (κ1) is 12.9. The highest BCUT2D eigenvalue weighted by Crippen LogP contribution is 2.18. The van der Waals surface area contributed by atoms with Crippen LogP contribution in [0.4, 0.5) is 5.69 Å². The highest BCUT2D eigenvalue weighted by atomic mass is 15.3. The van der Waals surface area contributed by atoms with E-state index in [9.17, 15) is 0 Å². The average molecular weight is 243 g/mol. The van der Waals surface area contributed by atoms with Crippen molar-refractivity contribution >= 4 is 5.69 Å². The summed E-state index contributed by atoms with van der Waals surface area (Å²) >= 11 is 0. The molecule has 1 aliphatic heterocycles. The van der Waals surface area contributed by atoms with Gasteiger partial charge in [-0.2, -0.15) is 5.26 Å². The van der Waals surface area contributed by atoms with E-state index in [-0.39, 0.29) is 5.92 Å². The predicted molar refractivity (Wildman–Crippen MR) is 74.6 cm³/mol. The molecule has 3 heteroatoms. The van der Waals surface area contributed by atoms with Crippen LogP contribution in [0.15, 0.2) is 24.3 Å². The van der Waals surface area contributed by atoms with Crippen LogP contribution in [-0.4, -0.2) is 37.6 Å². The van der Waals surface area contributed by atoms with Gasteiger partial charge in [0, 0.05) is 38.4 Å². The van der Waals surface area contributed by atoms with E-state index in [1.165, 1.54) is 11.3 Å². The third kappa shape index (κ3) is 3.24. The summed E-state index contributed by atoms with van der Waals surface area (Å²) in [5.41, 5.74) is 2.64. The van der Waals surface area contributed by atoms with Gasteiger partial charge in [0.25, 0.3) is 0 Å². The van der Waals surface area contributed by atoms with E-state index in [1.54, 1.807) is 0 Å². The number of nitrogens with zero attached hydrogens (tertiary/aromatic N) is 3. The normalized spacial score (nSPS) is 18.4. The van der Waals surface area contributed by atoms with Crippen LogP contribution < -0.4 is 4.90 Å². The van der Waals surface area contributed by atoms with Crippen LogP contribution in [0.3, 0.4) is 0 Å². The zero-order valence-corrected chi connectivity index (χ0v) is 11.3. The van der Waals surface area contributed by atoms with Crippen LogP contribution in [0.2, 0.25) is 0 Å². The SMILES string of the molecule is Cc1cccc(N2CCN(CC(C)C#N)CC2)c1. The van der Waals surface area contributed by atoms with Crippen molar-refractivity contribution in [2.75, 3.05) is 37.6 Å². The lowest BCUT2D eigenvalue weighted by atomic mass is 10.1. The van der Waals surface area contributed by atoms with Gasteiger partial charge in [0.15, 0.2) is 0 Å². The fraction of sp³-hybridized carbons (Fsp3) is 0.533. The van der Waals surface area contributed by atoms with Crippen molar-refractivity contribution in [2.24, 2.45) is 5.92 Å². The van der Waals surface area contributed by atoms with Crippen molar-refractivity contribution in [3.05, 3.63) is 29.8 Å². The summed E-state index contributed by atoms with van der Waals surface area (Å²) in [6.45, 7) is 9.25. The van der Waals surface area contributed by atoms with E-state index in [2.05, 4.69) is 47.1 Å². The summed E-state index contributed by atoms with van der Waals surface area (Å²) in [5, 5.41) is 8.84. The van der Waals surface area contributed by atoms with Crippen LogP contribution in [-0.2, 0) is 0 Å². The molecule has 3 nitrogen and oxygen atoms in total. The van der Waals surface area contributed by atoms with Crippen molar-refractivity contribution in [1.82, 2.24) is 4.90 Å². The topological polar surface area (TPSA) is 30.3 Å². The Morgan fingerprint density at radius 2 is 2.00 bits per heavy atom. The summed E-state index contributed by atoms with van der Waals surface area (Å²) in [6, 6.07) is 11.0. The minimum atomic E-state index is 0.135. The fourth-order valence-corrected chi connectivity index (χ4v) is 2.44. The molecule has 2 rings (SSSR count). The molecule has 0 amide bonds. The molecule has 1 unspecified atom stereocenters. The van der Waals surface area contributed by atoms with Gasteiger partial charge in [0.2, 0.25) is 0 Å². The molecule has 1 aliphatic rings. The number of nitriles is 1. The van der Waals surface area contributed by atoms with Crippen molar-refractivity contribution in [3.8, 4) is 6.07 Å². The molecule has 1 aromatic rings. The Kier molecular flexibility index (Phi) is 4.22. The van der Waals surface area contributed by atoms with Gasteiger partial charge in [-0.1, -0.05) is 12.1 Å². The number of hydrogen-bond acceptors (Lipinski definition) is 3. The Morgan fingerprint density at radius 3 is 2.61 bits per heavy atom. The lowest BCUT2D eigenvalue weighted by molar-refractivity contribution is 0.241. The van der Waals surface area contributed by atoms with E-state index >= 15 is 0 Å². The quantitative estimate of drug-likeness (QED) is 0.816. The number of anilines is 1. The fourth-order valence-electron chi connectivity index (χ4n) is 2.44. The van der Waals surface area contributed by atoms with E-state index in [0.29, 0.717) is 0 Å². The van der Waals surface area contributed by atoms with Crippen LogP contribution >= 0.6 is 0 Å². The molecule has 0 aliphatic carbocycles. The average Bonchev–Trinajstić information content (AvgIpc) is 2.39. The van der Waals surface area contributed by atoms with E-state index < -0.39 is 0 Å². The summed E-state index contributed by atoms with van der Waals surface area (Å²) < 4.78 is 0. The van der Waals surface area contributed by atoms with Crippen LogP contribution in [0.1, 0.15) is 12.5 Å². The van der Waals surface area contributed by atoms with Crippen molar-refractivity contribution < 1.29 is 0 Å². The van der Waals surface area contributed by atoms with Gasteiger partial charge in [-0.05, 0) is 31.5 Å². The van der Waals surface area contributed by atoms with Gasteiger partial charge >= 0.3 is 0 Å². The first-order valence-corrected chi connectivity index (χ1v) is 6.62. The van der Waals surface area contributed by atoms with Gasteiger partial charge in [0.05, 0.1) is 12.0 Å². The molecule has 1 heterocycles.